The summed E-state index contributed by atoms with van der Waals surface area (Å²) in [5, 5.41) is 0. The van der Waals surface area contributed by atoms with Crippen LogP contribution < -0.4 is 0 Å². The van der Waals surface area contributed by atoms with Crippen molar-refractivity contribution < 1.29 is 0 Å². The summed E-state index contributed by atoms with van der Waals surface area (Å²) < 4.78 is 0. The van der Waals surface area contributed by atoms with E-state index in [-0.39, 0.29) is 0 Å². The van der Waals surface area contributed by atoms with E-state index in [9.17, 15) is 0 Å². The first-order valence-electron chi connectivity index (χ1n) is 6.36. The zero-order chi connectivity index (χ0) is 11.1. The van der Waals surface area contributed by atoms with Crippen molar-refractivity contribution in [3.63, 3.8) is 0 Å². The molecule has 2 saturated carbocycles. The number of hydrogen-bond acceptors (Lipinski definition) is 0. The molecule has 15 heavy (non-hydrogen) atoms. The van der Waals surface area contributed by atoms with E-state index in [2.05, 4.69) is 33.4 Å². The van der Waals surface area contributed by atoms with Crippen molar-refractivity contribution in [3.8, 4) is 0 Å². The van der Waals surface area contributed by atoms with Crippen LogP contribution in [0.25, 0.3) is 0 Å². The largest absolute Gasteiger partial charge is 0.0990 e. The van der Waals surface area contributed by atoms with Crippen molar-refractivity contribution in [2.24, 2.45) is 17.3 Å². The van der Waals surface area contributed by atoms with E-state index < -0.39 is 0 Å². The molecule has 0 heterocycles. The monoisotopic (exact) mass is 204 g/mol. The van der Waals surface area contributed by atoms with Crippen molar-refractivity contribution in [2.45, 2.75) is 52.9 Å². The van der Waals surface area contributed by atoms with Crippen LogP contribution in [0.1, 0.15) is 52.9 Å². The molecule has 0 nitrogen and oxygen atoms in total. The molecule has 2 aliphatic rings. The highest BCUT2D eigenvalue weighted by Crippen LogP contribution is 2.60. The molecule has 0 unspecified atom stereocenters. The van der Waals surface area contributed by atoms with Crippen LogP contribution >= 0.6 is 0 Å². The second kappa shape index (κ2) is 3.81. The van der Waals surface area contributed by atoms with Gasteiger partial charge in [0, 0.05) is 0 Å². The molecular formula is C15H24. The average Bonchev–Trinajstić information content (AvgIpc) is 2.70. The molecule has 0 amide bonds. The first-order chi connectivity index (χ1) is 7.04. The maximum Gasteiger partial charge on any atom is -0.00849 e. The van der Waals surface area contributed by atoms with Crippen LogP contribution in [0.5, 0.6) is 0 Å². The van der Waals surface area contributed by atoms with E-state index in [1.165, 1.54) is 37.7 Å². The molecule has 2 rings (SSSR count). The maximum atomic E-state index is 4.37. The van der Waals surface area contributed by atoms with Crippen LogP contribution in [0.2, 0.25) is 0 Å². The zero-order valence-electron chi connectivity index (χ0n) is 10.5. The Morgan fingerprint density at radius 2 is 2.20 bits per heavy atom. The van der Waals surface area contributed by atoms with Crippen LogP contribution in [0.3, 0.4) is 0 Å². The molecule has 0 saturated heterocycles. The number of hydrogen-bond donors (Lipinski definition) is 0. The van der Waals surface area contributed by atoms with Crippen LogP contribution in [0.15, 0.2) is 23.8 Å². The van der Waals surface area contributed by atoms with E-state index in [0.29, 0.717) is 5.41 Å². The Hall–Kier alpha value is -0.520. The van der Waals surface area contributed by atoms with Gasteiger partial charge >= 0.3 is 0 Å². The van der Waals surface area contributed by atoms with Gasteiger partial charge in [-0.3, -0.25) is 0 Å². The highest BCUT2D eigenvalue weighted by atomic mass is 14.5. The standard InChI is InChI=1S/C15H24/c1-11(2)6-5-9-15(4)12(3)13-7-8-14(15)10-13/h6,13-14H,3,5,7-10H2,1-2,4H3/t13-,14+,15-/m0/s1. The van der Waals surface area contributed by atoms with Gasteiger partial charge in [-0.25, -0.2) is 0 Å². The van der Waals surface area contributed by atoms with Crippen molar-refractivity contribution in [1.29, 1.82) is 0 Å². The summed E-state index contributed by atoms with van der Waals surface area (Å²) >= 11 is 0. The Morgan fingerprint density at radius 3 is 2.73 bits per heavy atom. The van der Waals surface area contributed by atoms with Crippen LogP contribution in [-0.2, 0) is 0 Å². The summed E-state index contributed by atoms with van der Waals surface area (Å²) in [6.45, 7) is 11.2. The lowest BCUT2D eigenvalue weighted by Gasteiger charge is -2.36. The first-order valence-corrected chi connectivity index (χ1v) is 6.36. The normalized spacial score (nSPS) is 38.5. The highest BCUT2D eigenvalue weighted by molar-refractivity contribution is 5.24. The van der Waals surface area contributed by atoms with Gasteiger partial charge in [-0.05, 0) is 63.2 Å². The minimum Gasteiger partial charge on any atom is -0.0990 e. The lowest BCUT2D eigenvalue weighted by atomic mass is 9.69. The summed E-state index contributed by atoms with van der Waals surface area (Å²) in [6.07, 6.45) is 9.24. The molecule has 3 atom stereocenters. The van der Waals surface area contributed by atoms with Gasteiger partial charge in [-0.1, -0.05) is 30.7 Å². The number of fused-ring (bicyclic) bond motifs is 2. The Balaban J connectivity index is 2.01. The third-order valence-corrected chi connectivity index (χ3v) is 4.78. The smallest absolute Gasteiger partial charge is 0.00849 e. The zero-order valence-corrected chi connectivity index (χ0v) is 10.5. The van der Waals surface area contributed by atoms with E-state index in [1.54, 1.807) is 5.57 Å². The third-order valence-electron chi connectivity index (χ3n) is 4.78. The highest BCUT2D eigenvalue weighted by Gasteiger charge is 2.49. The lowest BCUT2D eigenvalue weighted by Crippen LogP contribution is -2.25. The molecule has 0 N–H and O–H groups in total. The predicted octanol–water partition coefficient (Wildman–Crippen LogP) is 4.73. The summed E-state index contributed by atoms with van der Waals surface area (Å²) in [4.78, 5) is 0. The van der Waals surface area contributed by atoms with Gasteiger partial charge in [0.25, 0.3) is 0 Å². The molecule has 0 aliphatic heterocycles. The fourth-order valence-electron chi connectivity index (χ4n) is 3.63. The predicted molar refractivity (Wildman–Crippen MR) is 66.7 cm³/mol. The Bertz CT molecular complexity index is 293. The van der Waals surface area contributed by atoms with Crippen molar-refractivity contribution >= 4 is 0 Å². The van der Waals surface area contributed by atoms with E-state index in [1.807, 2.05) is 0 Å². The topological polar surface area (TPSA) is 0 Å². The molecule has 2 aliphatic carbocycles. The van der Waals surface area contributed by atoms with Crippen LogP contribution in [0, 0.1) is 17.3 Å². The SMILES string of the molecule is C=C1[C@H]2CC[C@H](C2)[C@@]1(C)CCC=C(C)C. The quantitative estimate of drug-likeness (QED) is 0.583. The average molecular weight is 204 g/mol. The van der Waals surface area contributed by atoms with E-state index in [4.69, 9.17) is 0 Å². The summed E-state index contributed by atoms with van der Waals surface area (Å²) in [6, 6.07) is 0. The van der Waals surface area contributed by atoms with Gasteiger partial charge in [0.15, 0.2) is 0 Å². The minimum atomic E-state index is 0.467. The van der Waals surface area contributed by atoms with Crippen molar-refractivity contribution in [2.75, 3.05) is 0 Å². The fourth-order valence-corrected chi connectivity index (χ4v) is 3.63. The molecule has 0 aromatic rings. The Kier molecular flexibility index (Phi) is 2.79. The number of allylic oxidation sites excluding steroid dienone is 3. The molecule has 2 fully saturated rings. The van der Waals surface area contributed by atoms with E-state index in [0.717, 1.165) is 11.8 Å². The Morgan fingerprint density at radius 1 is 1.47 bits per heavy atom. The molecule has 2 bridgehead atoms. The third kappa shape index (κ3) is 1.79. The second-order valence-corrected chi connectivity index (χ2v) is 5.97. The van der Waals surface area contributed by atoms with Gasteiger partial charge in [-0.15, -0.1) is 0 Å². The van der Waals surface area contributed by atoms with Gasteiger partial charge in [-0.2, -0.15) is 0 Å². The van der Waals surface area contributed by atoms with E-state index >= 15 is 0 Å². The van der Waals surface area contributed by atoms with Gasteiger partial charge < -0.3 is 0 Å². The number of rotatable bonds is 3. The first kappa shape index (κ1) is 11.0. The summed E-state index contributed by atoms with van der Waals surface area (Å²) in [7, 11) is 0. The van der Waals surface area contributed by atoms with Crippen LogP contribution in [-0.4, -0.2) is 0 Å². The minimum absolute atomic E-state index is 0.467. The molecular weight excluding hydrogens is 180 g/mol. The molecule has 0 heteroatoms. The maximum absolute atomic E-state index is 4.37. The second-order valence-electron chi connectivity index (χ2n) is 5.97. The van der Waals surface area contributed by atoms with Gasteiger partial charge in [0.1, 0.15) is 0 Å². The lowest BCUT2D eigenvalue weighted by molar-refractivity contribution is 0.241. The van der Waals surface area contributed by atoms with Crippen LogP contribution in [0.4, 0.5) is 0 Å². The van der Waals surface area contributed by atoms with Crippen molar-refractivity contribution in [1.82, 2.24) is 0 Å². The van der Waals surface area contributed by atoms with Gasteiger partial charge in [0.2, 0.25) is 0 Å². The fraction of sp³-hybridized carbons (Fsp3) is 0.733. The Labute approximate surface area is 94.5 Å². The van der Waals surface area contributed by atoms with Crippen molar-refractivity contribution in [3.05, 3.63) is 23.8 Å². The summed E-state index contributed by atoms with van der Waals surface area (Å²) in [5.41, 5.74) is 3.49. The molecule has 84 valence electrons. The molecule has 0 radical (unpaired) electrons. The molecule has 0 spiro atoms. The van der Waals surface area contributed by atoms with Gasteiger partial charge in [0.05, 0.1) is 0 Å². The molecule has 0 aromatic carbocycles. The molecule has 0 aromatic heterocycles. The summed E-state index contributed by atoms with van der Waals surface area (Å²) in [5.74, 6) is 1.81.